The van der Waals surface area contributed by atoms with Crippen LogP contribution in [0, 0.1) is 0 Å². The van der Waals surface area contributed by atoms with Crippen LogP contribution in [0.3, 0.4) is 0 Å². The van der Waals surface area contributed by atoms with Crippen molar-refractivity contribution in [2.45, 2.75) is 6.04 Å². The maximum absolute atomic E-state index is 5.69. The van der Waals surface area contributed by atoms with Gasteiger partial charge in [0.1, 0.15) is 0 Å². The van der Waals surface area contributed by atoms with Crippen molar-refractivity contribution in [2.75, 3.05) is 0 Å². The van der Waals surface area contributed by atoms with E-state index in [0.717, 1.165) is 11.3 Å². The number of aryl methyl sites for hydroxylation is 1. The van der Waals surface area contributed by atoms with Crippen molar-refractivity contribution >= 4 is 10.8 Å². The molecule has 3 N–H and O–H groups in total. The Balaban J connectivity index is 2.06. The Morgan fingerprint density at radius 3 is 2.63 bits per heavy atom. The van der Waals surface area contributed by atoms with Crippen molar-refractivity contribution in [3.8, 4) is 0 Å². The molecule has 0 aliphatic heterocycles. The summed E-state index contributed by atoms with van der Waals surface area (Å²) in [5, 5.41) is 2.43. The second kappa shape index (κ2) is 4.84. The molecule has 4 heteroatoms. The molecule has 96 valence electrons. The van der Waals surface area contributed by atoms with Gasteiger partial charge in [0.05, 0.1) is 18.1 Å². The fourth-order valence-corrected chi connectivity index (χ4v) is 2.32. The Labute approximate surface area is 111 Å². The average Bonchev–Trinajstić information content (AvgIpc) is 2.86. The van der Waals surface area contributed by atoms with Crippen molar-refractivity contribution in [1.82, 2.24) is 15.0 Å². The molecule has 1 aromatic heterocycles. The molecule has 19 heavy (non-hydrogen) atoms. The Kier molecular flexibility index (Phi) is 3.03. The fourth-order valence-electron chi connectivity index (χ4n) is 2.32. The summed E-state index contributed by atoms with van der Waals surface area (Å²) in [6.07, 6.45) is 3.75. The van der Waals surface area contributed by atoms with E-state index in [1.165, 1.54) is 10.8 Å². The fraction of sp³-hybridized carbons (Fsp3) is 0.133. The number of hydrogen-bond donors (Lipinski definition) is 2. The number of aromatic nitrogens is 2. The number of nitrogens with one attached hydrogen (secondary N) is 1. The molecule has 0 amide bonds. The first kappa shape index (κ1) is 11.9. The number of rotatable bonds is 3. The largest absolute Gasteiger partial charge is 0.340 e. The van der Waals surface area contributed by atoms with Gasteiger partial charge in [-0.2, -0.15) is 0 Å². The molecule has 3 rings (SSSR count). The monoisotopic (exact) mass is 252 g/mol. The lowest BCUT2D eigenvalue weighted by atomic mass is 10.0. The van der Waals surface area contributed by atoms with Gasteiger partial charge in [0.2, 0.25) is 0 Å². The van der Waals surface area contributed by atoms with Crippen molar-refractivity contribution < 1.29 is 0 Å². The van der Waals surface area contributed by atoms with Crippen LogP contribution in [0.15, 0.2) is 55.0 Å². The predicted octanol–water partition coefficient (Wildman–Crippen LogP) is 2.13. The summed E-state index contributed by atoms with van der Waals surface area (Å²) in [5.41, 5.74) is 4.86. The zero-order chi connectivity index (χ0) is 13.2. The van der Waals surface area contributed by atoms with Crippen LogP contribution in [0.2, 0.25) is 0 Å². The third kappa shape index (κ3) is 2.23. The Morgan fingerprint density at radius 2 is 1.95 bits per heavy atom. The normalized spacial score (nSPS) is 12.7. The Hall–Kier alpha value is -2.17. The Morgan fingerprint density at radius 1 is 1.16 bits per heavy atom. The zero-order valence-electron chi connectivity index (χ0n) is 10.7. The lowest BCUT2D eigenvalue weighted by Crippen LogP contribution is -2.29. The van der Waals surface area contributed by atoms with Gasteiger partial charge in [-0.15, -0.1) is 0 Å². The lowest BCUT2D eigenvalue weighted by Gasteiger charge is -2.14. The molecule has 1 unspecified atom stereocenters. The van der Waals surface area contributed by atoms with E-state index >= 15 is 0 Å². The zero-order valence-corrected chi connectivity index (χ0v) is 10.7. The van der Waals surface area contributed by atoms with Crippen LogP contribution in [0.25, 0.3) is 10.8 Å². The van der Waals surface area contributed by atoms with E-state index in [1.54, 1.807) is 6.33 Å². The molecule has 3 aromatic rings. The highest BCUT2D eigenvalue weighted by molar-refractivity contribution is 5.83. The number of nitrogens with zero attached hydrogens (tertiary/aromatic N) is 2. The minimum atomic E-state index is -0.0918. The van der Waals surface area contributed by atoms with Crippen molar-refractivity contribution in [3.05, 3.63) is 66.2 Å². The molecule has 0 saturated heterocycles. The van der Waals surface area contributed by atoms with E-state index in [2.05, 4.69) is 40.7 Å². The van der Waals surface area contributed by atoms with Crippen LogP contribution in [0.4, 0.5) is 0 Å². The summed E-state index contributed by atoms with van der Waals surface area (Å²) >= 11 is 0. The summed E-state index contributed by atoms with van der Waals surface area (Å²) in [7, 11) is 1.95. The topological polar surface area (TPSA) is 55.9 Å². The first-order valence-electron chi connectivity index (χ1n) is 6.20. The van der Waals surface area contributed by atoms with E-state index < -0.39 is 0 Å². The van der Waals surface area contributed by atoms with Gasteiger partial charge < -0.3 is 4.57 Å². The standard InChI is InChI=1S/C15H16N4/c1-19-9-14(17-10-19)15(18-16)13-7-6-11-4-2-3-5-12(11)8-13/h2-10,15,18H,16H2,1H3. The molecular formula is C15H16N4. The van der Waals surface area contributed by atoms with Gasteiger partial charge in [-0.05, 0) is 22.4 Å². The van der Waals surface area contributed by atoms with Crippen molar-refractivity contribution in [3.63, 3.8) is 0 Å². The molecule has 1 atom stereocenters. The summed E-state index contributed by atoms with van der Waals surface area (Å²) in [5.74, 6) is 5.69. The predicted molar refractivity (Wildman–Crippen MR) is 76.3 cm³/mol. The van der Waals surface area contributed by atoms with Crippen LogP contribution < -0.4 is 11.3 Å². The lowest BCUT2D eigenvalue weighted by molar-refractivity contribution is 0.623. The molecule has 0 aliphatic carbocycles. The number of fused-ring (bicyclic) bond motifs is 1. The minimum absolute atomic E-state index is 0.0918. The maximum atomic E-state index is 5.69. The van der Waals surface area contributed by atoms with Crippen LogP contribution in [-0.2, 0) is 7.05 Å². The van der Waals surface area contributed by atoms with Gasteiger partial charge in [0.15, 0.2) is 0 Å². The highest BCUT2D eigenvalue weighted by atomic mass is 15.2. The molecule has 0 fully saturated rings. The number of benzene rings is 2. The van der Waals surface area contributed by atoms with Gasteiger partial charge in [-0.1, -0.05) is 36.4 Å². The quantitative estimate of drug-likeness (QED) is 0.554. The van der Waals surface area contributed by atoms with E-state index in [9.17, 15) is 0 Å². The van der Waals surface area contributed by atoms with E-state index in [4.69, 9.17) is 5.84 Å². The average molecular weight is 252 g/mol. The first-order valence-corrected chi connectivity index (χ1v) is 6.20. The molecule has 0 aliphatic rings. The third-order valence-electron chi connectivity index (χ3n) is 3.29. The van der Waals surface area contributed by atoms with Crippen LogP contribution in [0.1, 0.15) is 17.3 Å². The van der Waals surface area contributed by atoms with Gasteiger partial charge in [0, 0.05) is 13.2 Å². The van der Waals surface area contributed by atoms with Gasteiger partial charge >= 0.3 is 0 Å². The second-order valence-corrected chi connectivity index (χ2v) is 4.67. The summed E-state index contributed by atoms with van der Waals surface area (Å²) in [4.78, 5) is 4.36. The van der Waals surface area contributed by atoms with Crippen molar-refractivity contribution in [2.24, 2.45) is 12.9 Å². The molecule has 4 nitrogen and oxygen atoms in total. The summed E-state index contributed by atoms with van der Waals surface area (Å²) < 4.78 is 1.92. The highest BCUT2D eigenvalue weighted by Crippen LogP contribution is 2.23. The molecular weight excluding hydrogens is 236 g/mol. The van der Waals surface area contributed by atoms with Gasteiger partial charge in [-0.25, -0.2) is 10.4 Å². The molecule has 1 heterocycles. The Bertz CT molecular complexity index is 702. The molecule has 0 spiro atoms. The smallest absolute Gasteiger partial charge is 0.0947 e. The van der Waals surface area contributed by atoms with Gasteiger partial charge in [0.25, 0.3) is 0 Å². The van der Waals surface area contributed by atoms with Crippen molar-refractivity contribution in [1.29, 1.82) is 0 Å². The SMILES string of the molecule is Cn1cnc(C(NN)c2ccc3ccccc3c2)c1. The summed E-state index contributed by atoms with van der Waals surface area (Å²) in [6, 6.07) is 14.5. The van der Waals surface area contributed by atoms with Gasteiger partial charge in [-0.3, -0.25) is 5.84 Å². The summed E-state index contributed by atoms with van der Waals surface area (Å²) in [6.45, 7) is 0. The van der Waals surface area contributed by atoms with E-state index in [1.807, 2.05) is 29.9 Å². The maximum Gasteiger partial charge on any atom is 0.0947 e. The van der Waals surface area contributed by atoms with Crippen LogP contribution >= 0.6 is 0 Å². The second-order valence-electron chi connectivity index (χ2n) is 4.67. The number of hydrogen-bond acceptors (Lipinski definition) is 3. The highest BCUT2D eigenvalue weighted by Gasteiger charge is 2.15. The first-order chi connectivity index (χ1) is 9.28. The number of nitrogens with two attached hydrogens (primary N) is 1. The third-order valence-corrected chi connectivity index (χ3v) is 3.29. The number of imidazole rings is 1. The molecule has 0 bridgehead atoms. The minimum Gasteiger partial charge on any atom is -0.340 e. The van der Waals surface area contributed by atoms with E-state index in [0.29, 0.717) is 0 Å². The molecule has 2 aromatic carbocycles. The number of hydrazine groups is 1. The molecule has 0 radical (unpaired) electrons. The van der Waals surface area contributed by atoms with Crippen LogP contribution in [0.5, 0.6) is 0 Å². The van der Waals surface area contributed by atoms with E-state index in [-0.39, 0.29) is 6.04 Å². The molecule has 0 saturated carbocycles. The van der Waals surface area contributed by atoms with Crippen LogP contribution in [-0.4, -0.2) is 9.55 Å².